The smallest absolute Gasteiger partial charge is 0.237 e. The number of anilines is 1. The van der Waals surface area contributed by atoms with Gasteiger partial charge < -0.3 is 9.88 Å². The highest BCUT2D eigenvalue weighted by Gasteiger charge is 2.43. The van der Waals surface area contributed by atoms with Gasteiger partial charge in [0, 0.05) is 17.7 Å². The zero-order chi connectivity index (χ0) is 20.8. The molecular formula is C24H27N3O2. The van der Waals surface area contributed by atoms with Gasteiger partial charge in [0.15, 0.2) is 5.78 Å². The second kappa shape index (κ2) is 7.14. The summed E-state index contributed by atoms with van der Waals surface area (Å²) in [7, 11) is 0. The van der Waals surface area contributed by atoms with Crippen LogP contribution in [0.4, 0.5) is 5.69 Å². The monoisotopic (exact) mass is 389 g/mol. The molecule has 0 radical (unpaired) electrons. The summed E-state index contributed by atoms with van der Waals surface area (Å²) >= 11 is 0. The lowest BCUT2D eigenvalue weighted by molar-refractivity contribution is -0.122. The van der Waals surface area contributed by atoms with Crippen molar-refractivity contribution in [2.75, 3.05) is 11.4 Å². The Morgan fingerprint density at radius 1 is 1.14 bits per heavy atom. The molecule has 0 aliphatic carbocycles. The van der Waals surface area contributed by atoms with Crippen molar-refractivity contribution in [3.63, 3.8) is 0 Å². The molecule has 1 aliphatic heterocycles. The number of amides is 1. The molecule has 0 saturated carbocycles. The van der Waals surface area contributed by atoms with Gasteiger partial charge in [-0.05, 0) is 44.9 Å². The number of ketones is 1. The largest absolute Gasteiger partial charge is 0.338 e. The Bertz CT molecular complexity index is 1090. The van der Waals surface area contributed by atoms with Crippen molar-refractivity contribution in [1.82, 2.24) is 9.97 Å². The van der Waals surface area contributed by atoms with E-state index < -0.39 is 5.41 Å². The topological polar surface area (TPSA) is 66.1 Å². The fourth-order valence-corrected chi connectivity index (χ4v) is 4.07. The number of carbonyl (C=O) groups excluding carboxylic acids is 2. The fraction of sp³-hybridized carbons (Fsp3) is 0.375. The third-order valence-corrected chi connectivity index (χ3v) is 5.89. The first-order valence-corrected chi connectivity index (χ1v) is 10.3. The Balaban J connectivity index is 1.74. The number of nitrogens with zero attached hydrogens (tertiary/aromatic N) is 2. The summed E-state index contributed by atoms with van der Waals surface area (Å²) in [4.78, 5) is 34.6. The van der Waals surface area contributed by atoms with Crippen LogP contribution < -0.4 is 4.90 Å². The van der Waals surface area contributed by atoms with E-state index >= 15 is 0 Å². The maximum absolute atomic E-state index is 13.0. The molecule has 2 heterocycles. The first-order valence-electron chi connectivity index (χ1n) is 10.3. The van der Waals surface area contributed by atoms with E-state index in [0.717, 1.165) is 59.5 Å². The molecule has 0 atom stereocenters. The highest BCUT2D eigenvalue weighted by atomic mass is 16.2. The Kier molecular flexibility index (Phi) is 4.77. The lowest BCUT2D eigenvalue weighted by Gasteiger charge is -2.20. The predicted molar refractivity (Wildman–Crippen MR) is 116 cm³/mol. The molecule has 1 aromatic heterocycles. The van der Waals surface area contributed by atoms with E-state index in [1.54, 1.807) is 6.92 Å². The van der Waals surface area contributed by atoms with Crippen molar-refractivity contribution in [2.24, 2.45) is 0 Å². The Labute approximate surface area is 171 Å². The van der Waals surface area contributed by atoms with Crippen LogP contribution in [0.25, 0.3) is 22.4 Å². The van der Waals surface area contributed by atoms with E-state index in [1.165, 1.54) is 0 Å². The number of Topliss-reactive ketones (excluding diaryl/α,β-unsaturated/α-hetero) is 1. The van der Waals surface area contributed by atoms with Crippen LogP contribution in [-0.4, -0.2) is 28.2 Å². The molecule has 150 valence electrons. The SMILES string of the molecule is CCCCCN1C(=O)C(C)(C)c2cc3[nH]c(-c4ccc(C(C)=O)cc4)nc3cc21. The average Bonchev–Trinajstić information content (AvgIpc) is 3.19. The van der Waals surface area contributed by atoms with Crippen LogP contribution in [0.5, 0.6) is 0 Å². The van der Waals surface area contributed by atoms with Crippen LogP contribution in [0.2, 0.25) is 0 Å². The normalized spacial score (nSPS) is 15.2. The number of rotatable bonds is 6. The molecule has 2 aromatic carbocycles. The summed E-state index contributed by atoms with van der Waals surface area (Å²) < 4.78 is 0. The molecule has 29 heavy (non-hydrogen) atoms. The summed E-state index contributed by atoms with van der Waals surface area (Å²) in [5.74, 6) is 0.976. The van der Waals surface area contributed by atoms with Crippen LogP contribution in [0.1, 0.15) is 62.9 Å². The van der Waals surface area contributed by atoms with Gasteiger partial charge in [0.05, 0.1) is 22.1 Å². The molecule has 1 aliphatic rings. The van der Waals surface area contributed by atoms with Crippen LogP contribution in [0.3, 0.4) is 0 Å². The maximum Gasteiger partial charge on any atom is 0.237 e. The van der Waals surface area contributed by atoms with Gasteiger partial charge in [-0.2, -0.15) is 0 Å². The van der Waals surface area contributed by atoms with Crippen molar-refractivity contribution in [3.05, 3.63) is 47.5 Å². The second-order valence-electron chi connectivity index (χ2n) is 8.39. The minimum Gasteiger partial charge on any atom is -0.338 e. The Hall–Kier alpha value is -2.95. The minimum atomic E-state index is -0.538. The molecular weight excluding hydrogens is 362 g/mol. The van der Waals surface area contributed by atoms with Gasteiger partial charge in [-0.15, -0.1) is 0 Å². The zero-order valence-electron chi connectivity index (χ0n) is 17.5. The zero-order valence-corrected chi connectivity index (χ0v) is 17.5. The lowest BCUT2D eigenvalue weighted by atomic mass is 9.86. The number of nitrogens with one attached hydrogen (secondary N) is 1. The number of carbonyl (C=O) groups is 2. The van der Waals surface area contributed by atoms with Gasteiger partial charge in [0.2, 0.25) is 5.91 Å². The van der Waals surface area contributed by atoms with Gasteiger partial charge in [0.25, 0.3) is 0 Å². The van der Waals surface area contributed by atoms with Gasteiger partial charge in [-0.25, -0.2) is 4.98 Å². The Morgan fingerprint density at radius 2 is 1.86 bits per heavy atom. The molecule has 5 heteroatoms. The van der Waals surface area contributed by atoms with Crippen LogP contribution in [0, 0.1) is 0 Å². The predicted octanol–water partition coefficient (Wildman–Crippen LogP) is 5.25. The summed E-state index contributed by atoms with van der Waals surface area (Å²) in [6, 6.07) is 11.6. The number of hydrogen-bond donors (Lipinski definition) is 1. The van der Waals surface area contributed by atoms with E-state index in [1.807, 2.05) is 49.1 Å². The number of benzene rings is 2. The summed E-state index contributed by atoms with van der Waals surface area (Å²) in [5.41, 5.74) is 4.88. The van der Waals surface area contributed by atoms with Gasteiger partial charge in [-0.3, -0.25) is 9.59 Å². The van der Waals surface area contributed by atoms with Gasteiger partial charge >= 0.3 is 0 Å². The number of fused-ring (bicyclic) bond motifs is 2. The minimum absolute atomic E-state index is 0.0487. The van der Waals surface area contributed by atoms with Crippen LogP contribution in [-0.2, 0) is 10.2 Å². The van der Waals surface area contributed by atoms with Crippen molar-refractivity contribution < 1.29 is 9.59 Å². The fourth-order valence-electron chi connectivity index (χ4n) is 4.07. The summed E-state index contributed by atoms with van der Waals surface area (Å²) in [6.07, 6.45) is 3.25. The molecule has 0 fully saturated rings. The number of imidazole rings is 1. The third kappa shape index (κ3) is 3.24. The van der Waals surface area contributed by atoms with Crippen molar-refractivity contribution in [2.45, 2.75) is 52.4 Å². The molecule has 1 amide bonds. The number of aromatic nitrogens is 2. The standard InChI is InChI=1S/C24H27N3O2/c1-5-6-7-12-27-21-14-20-19(13-18(21)24(3,4)23(27)29)25-22(26-20)17-10-8-16(9-11-17)15(2)28/h8-11,13-14H,5-7,12H2,1-4H3,(H,25,26). The van der Waals surface area contributed by atoms with Crippen molar-refractivity contribution in [3.8, 4) is 11.4 Å². The van der Waals surface area contributed by atoms with E-state index in [0.29, 0.717) is 5.56 Å². The lowest BCUT2D eigenvalue weighted by Crippen LogP contribution is -2.36. The molecule has 0 saturated heterocycles. The quantitative estimate of drug-likeness (QED) is 0.463. The Morgan fingerprint density at radius 3 is 2.52 bits per heavy atom. The van der Waals surface area contributed by atoms with Gasteiger partial charge in [-0.1, -0.05) is 44.0 Å². The third-order valence-electron chi connectivity index (χ3n) is 5.89. The van der Waals surface area contributed by atoms with Crippen LogP contribution in [0.15, 0.2) is 36.4 Å². The number of hydrogen-bond acceptors (Lipinski definition) is 3. The number of aromatic amines is 1. The van der Waals surface area contributed by atoms with Gasteiger partial charge in [0.1, 0.15) is 5.82 Å². The van der Waals surface area contributed by atoms with E-state index in [9.17, 15) is 9.59 Å². The van der Waals surface area contributed by atoms with E-state index in [-0.39, 0.29) is 11.7 Å². The summed E-state index contributed by atoms with van der Waals surface area (Å²) in [5, 5.41) is 0. The molecule has 0 bridgehead atoms. The average molecular weight is 389 g/mol. The van der Waals surface area contributed by atoms with Crippen molar-refractivity contribution in [1.29, 1.82) is 0 Å². The second-order valence-corrected chi connectivity index (χ2v) is 8.39. The number of unbranched alkanes of at least 4 members (excludes halogenated alkanes) is 2. The van der Waals surface area contributed by atoms with E-state index in [4.69, 9.17) is 4.98 Å². The molecule has 1 N–H and O–H groups in total. The molecule has 4 rings (SSSR count). The molecule has 0 unspecified atom stereocenters. The van der Waals surface area contributed by atoms with Crippen LogP contribution >= 0.6 is 0 Å². The maximum atomic E-state index is 13.0. The number of H-pyrrole nitrogens is 1. The first-order chi connectivity index (χ1) is 13.8. The molecule has 0 spiro atoms. The molecule has 3 aromatic rings. The highest BCUT2D eigenvalue weighted by Crippen LogP contribution is 2.43. The van der Waals surface area contributed by atoms with E-state index in [2.05, 4.69) is 18.0 Å². The van der Waals surface area contributed by atoms with Crippen molar-refractivity contribution >= 4 is 28.4 Å². The molecule has 5 nitrogen and oxygen atoms in total. The highest BCUT2D eigenvalue weighted by molar-refractivity contribution is 6.09. The summed E-state index contributed by atoms with van der Waals surface area (Å²) in [6.45, 7) is 8.47. The first kappa shape index (κ1) is 19.4.